The molecule has 2 rings (SSSR count). The Balaban J connectivity index is 1.79. The Kier molecular flexibility index (Phi) is 5.41. The van der Waals surface area contributed by atoms with E-state index in [0.717, 1.165) is 31.5 Å². The summed E-state index contributed by atoms with van der Waals surface area (Å²) in [6.07, 6.45) is 3.65. The Morgan fingerprint density at radius 3 is 2.47 bits per heavy atom. The third kappa shape index (κ3) is 4.63. The molecule has 1 saturated heterocycles. The van der Waals surface area contributed by atoms with Gasteiger partial charge in [0.1, 0.15) is 0 Å². The lowest BCUT2D eigenvalue weighted by molar-refractivity contribution is 0.260. The van der Waals surface area contributed by atoms with Gasteiger partial charge in [-0.2, -0.15) is 0 Å². The Bertz CT molecular complexity index is 363. The van der Waals surface area contributed by atoms with Crippen LogP contribution in [0, 0.1) is 5.92 Å². The van der Waals surface area contributed by atoms with Gasteiger partial charge in [0.2, 0.25) is 0 Å². The summed E-state index contributed by atoms with van der Waals surface area (Å²) in [5.74, 6) is 0.742. The van der Waals surface area contributed by atoms with Gasteiger partial charge >= 0.3 is 0 Å². The third-order valence-electron chi connectivity index (χ3n) is 4.08. The predicted molar refractivity (Wildman–Crippen MR) is 82.6 cm³/mol. The quantitative estimate of drug-likeness (QED) is 0.846. The Hall–Kier alpha value is -0.860. The molecule has 19 heavy (non-hydrogen) atoms. The number of hydrogen-bond acceptors (Lipinski definition) is 2. The number of hydrogen-bond donors (Lipinski definition) is 1. The third-order valence-corrected chi connectivity index (χ3v) is 4.08. The highest BCUT2D eigenvalue weighted by Crippen LogP contribution is 2.12. The summed E-state index contributed by atoms with van der Waals surface area (Å²) in [5, 5.41) is 3.44. The van der Waals surface area contributed by atoms with Crippen molar-refractivity contribution in [3.63, 3.8) is 0 Å². The molecule has 2 heteroatoms. The van der Waals surface area contributed by atoms with E-state index in [0.29, 0.717) is 0 Å². The Morgan fingerprint density at radius 2 is 1.89 bits per heavy atom. The van der Waals surface area contributed by atoms with E-state index in [1.54, 1.807) is 0 Å². The van der Waals surface area contributed by atoms with Crippen LogP contribution in [0.25, 0.3) is 0 Å². The minimum Gasteiger partial charge on any atom is -0.315 e. The summed E-state index contributed by atoms with van der Waals surface area (Å²) in [4.78, 5) is 2.50. The maximum atomic E-state index is 3.44. The smallest absolute Gasteiger partial charge is 0.0229 e. The summed E-state index contributed by atoms with van der Waals surface area (Å²) in [7, 11) is 2.25. The summed E-state index contributed by atoms with van der Waals surface area (Å²) < 4.78 is 0. The van der Waals surface area contributed by atoms with E-state index in [-0.39, 0.29) is 0 Å². The lowest BCUT2D eigenvalue weighted by atomic mass is 10.0. The average Bonchev–Trinajstić information content (AvgIpc) is 2.91. The van der Waals surface area contributed by atoms with E-state index in [4.69, 9.17) is 0 Å². The molecule has 1 aliphatic rings. The number of rotatable bonds is 6. The summed E-state index contributed by atoms with van der Waals surface area (Å²) >= 11 is 0. The van der Waals surface area contributed by atoms with Crippen LogP contribution in [-0.4, -0.2) is 37.6 Å². The van der Waals surface area contributed by atoms with Crippen molar-refractivity contribution in [3.8, 4) is 0 Å². The van der Waals surface area contributed by atoms with Crippen molar-refractivity contribution >= 4 is 0 Å². The molecule has 2 nitrogen and oxygen atoms in total. The highest BCUT2D eigenvalue weighted by atomic mass is 15.2. The molecule has 0 aromatic heterocycles. The molecule has 106 valence electrons. The summed E-state index contributed by atoms with van der Waals surface area (Å²) in [5.41, 5.74) is 2.93. The molecule has 1 atom stereocenters. The highest BCUT2D eigenvalue weighted by Gasteiger charge is 2.18. The maximum Gasteiger partial charge on any atom is 0.0229 e. The van der Waals surface area contributed by atoms with Gasteiger partial charge in [0.05, 0.1) is 0 Å². The number of nitrogens with zero attached hydrogens (tertiary/aromatic N) is 1. The summed E-state index contributed by atoms with van der Waals surface area (Å²) in [6, 6.07) is 9.94. The molecule has 0 amide bonds. The van der Waals surface area contributed by atoms with Crippen LogP contribution in [-0.2, 0) is 12.8 Å². The van der Waals surface area contributed by atoms with E-state index in [9.17, 15) is 0 Å². The largest absolute Gasteiger partial charge is 0.315 e. The van der Waals surface area contributed by atoms with Crippen LogP contribution < -0.4 is 5.32 Å². The zero-order valence-corrected chi connectivity index (χ0v) is 12.7. The molecular formula is C17H28N2. The zero-order chi connectivity index (χ0) is 13.7. The van der Waals surface area contributed by atoms with Gasteiger partial charge in [-0.1, -0.05) is 38.1 Å². The first-order chi connectivity index (χ1) is 9.15. The molecule has 1 aromatic carbocycles. The fourth-order valence-electron chi connectivity index (χ4n) is 2.82. The van der Waals surface area contributed by atoms with Crippen LogP contribution in [0.5, 0.6) is 0 Å². The van der Waals surface area contributed by atoms with Crippen molar-refractivity contribution < 1.29 is 0 Å². The van der Waals surface area contributed by atoms with Gasteiger partial charge in [-0.05, 0) is 49.9 Å². The molecule has 1 unspecified atom stereocenters. The van der Waals surface area contributed by atoms with Crippen LogP contribution in [0.2, 0.25) is 0 Å². The number of nitrogens with one attached hydrogen (secondary N) is 1. The molecule has 1 aromatic rings. The van der Waals surface area contributed by atoms with Crippen LogP contribution >= 0.6 is 0 Å². The first-order valence-electron chi connectivity index (χ1n) is 7.64. The van der Waals surface area contributed by atoms with Crippen molar-refractivity contribution in [3.05, 3.63) is 35.4 Å². The van der Waals surface area contributed by atoms with E-state index < -0.39 is 0 Å². The van der Waals surface area contributed by atoms with Crippen molar-refractivity contribution in [2.24, 2.45) is 5.92 Å². The van der Waals surface area contributed by atoms with Gasteiger partial charge in [0, 0.05) is 19.1 Å². The van der Waals surface area contributed by atoms with E-state index in [2.05, 4.69) is 55.4 Å². The van der Waals surface area contributed by atoms with Gasteiger partial charge in [-0.3, -0.25) is 0 Å². The van der Waals surface area contributed by atoms with Crippen molar-refractivity contribution in [1.29, 1.82) is 0 Å². The minimum absolute atomic E-state index is 0.736. The molecule has 0 radical (unpaired) electrons. The lowest BCUT2D eigenvalue weighted by Gasteiger charge is -2.23. The molecule has 1 heterocycles. The standard InChI is InChI=1S/C17H28N2/c1-14(2)12-16-6-4-15(5-7-16)9-11-19(3)17-8-10-18-13-17/h4-7,14,17-18H,8-13H2,1-3H3. The topological polar surface area (TPSA) is 15.3 Å². The van der Waals surface area contributed by atoms with Crippen LogP contribution in [0.1, 0.15) is 31.4 Å². The number of likely N-dealkylation sites (N-methyl/N-ethyl adjacent to an activating group) is 1. The van der Waals surface area contributed by atoms with Crippen LogP contribution in [0.15, 0.2) is 24.3 Å². The molecule has 0 saturated carbocycles. The fourth-order valence-corrected chi connectivity index (χ4v) is 2.82. The highest BCUT2D eigenvalue weighted by molar-refractivity contribution is 5.23. The monoisotopic (exact) mass is 260 g/mol. The first-order valence-corrected chi connectivity index (χ1v) is 7.64. The van der Waals surface area contributed by atoms with Gasteiger partial charge < -0.3 is 10.2 Å². The van der Waals surface area contributed by atoms with Gasteiger partial charge in [0.25, 0.3) is 0 Å². The molecule has 0 spiro atoms. The van der Waals surface area contributed by atoms with Crippen LogP contribution in [0.4, 0.5) is 0 Å². The van der Waals surface area contributed by atoms with Gasteiger partial charge in [0.15, 0.2) is 0 Å². The fraction of sp³-hybridized carbons (Fsp3) is 0.647. The lowest BCUT2D eigenvalue weighted by Crippen LogP contribution is -2.34. The molecule has 1 aliphatic heterocycles. The van der Waals surface area contributed by atoms with E-state index in [1.807, 2.05) is 0 Å². The van der Waals surface area contributed by atoms with Gasteiger partial charge in [-0.15, -0.1) is 0 Å². The van der Waals surface area contributed by atoms with Gasteiger partial charge in [-0.25, -0.2) is 0 Å². The SMILES string of the molecule is CC(C)Cc1ccc(CCN(C)C2CCNC2)cc1. The average molecular weight is 260 g/mol. The second-order valence-corrected chi connectivity index (χ2v) is 6.29. The second-order valence-electron chi connectivity index (χ2n) is 6.29. The normalized spacial score (nSPS) is 19.5. The second kappa shape index (κ2) is 7.06. The number of benzene rings is 1. The maximum absolute atomic E-state index is 3.44. The molecule has 1 fully saturated rings. The predicted octanol–water partition coefficient (Wildman–Crippen LogP) is 2.72. The minimum atomic E-state index is 0.736. The van der Waals surface area contributed by atoms with Crippen molar-refractivity contribution in [2.45, 2.75) is 39.2 Å². The molecule has 0 aliphatic carbocycles. The van der Waals surface area contributed by atoms with Crippen LogP contribution in [0.3, 0.4) is 0 Å². The molecule has 0 bridgehead atoms. The van der Waals surface area contributed by atoms with E-state index >= 15 is 0 Å². The summed E-state index contributed by atoms with van der Waals surface area (Å²) in [6.45, 7) is 8.05. The van der Waals surface area contributed by atoms with Crippen molar-refractivity contribution in [1.82, 2.24) is 10.2 Å². The molecular weight excluding hydrogens is 232 g/mol. The Morgan fingerprint density at radius 1 is 1.21 bits per heavy atom. The Labute approximate surface area is 118 Å². The molecule has 1 N–H and O–H groups in total. The van der Waals surface area contributed by atoms with Crippen molar-refractivity contribution in [2.75, 3.05) is 26.7 Å². The zero-order valence-electron chi connectivity index (χ0n) is 12.7. The first kappa shape index (κ1) is 14.5. The van der Waals surface area contributed by atoms with E-state index in [1.165, 1.54) is 30.5 Å².